The molecule has 2 atom stereocenters. The number of aliphatic hydroxyl groups is 1. The van der Waals surface area contributed by atoms with Crippen molar-refractivity contribution < 1.29 is 13.9 Å². The van der Waals surface area contributed by atoms with Crippen LogP contribution < -0.4 is 5.73 Å². The first-order chi connectivity index (χ1) is 9.52. The molecule has 0 amide bonds. The van der Waals surface area contributed by atoms with Crippen LogP contribution in [-0.2, 0) is 0 Å². The van der Waals surface area contributed by atoms with Crippen molar-refractivity contribution in [2.24, 2.45) is 5.73 Å². The Morgan fingerprint density at radius 1 is 1.10 bits per heavy atom. The SMILES string of the molecule is Cc1ccc(C(CN)C(O)c2ccc(F)cc2F)cc1. The summed E-state index contributed by atoms with van der Waals surface area (Å²) in [6, 6.07) is 10.7. The minimum absolute atomic E-state index is 0.0578. The van der Waals surface area contributed by atoms with Gasteiger partial charge in [-0.25, -0.2) is 8.78 Å². The van der Waals surface area contributed by atoms with E-state index in [2.05, 4.69) is 0 Å². The van der Waals surface area contributed by atoms with E-state index in [1.54, 1.807) is 0 Å². The molecule has 4 heteroatoms. The average molecular weight is 277 g/mol. The van der Waals surface area contributed by atoms with Gasteiger partial charge < -0.3 is 10.8 Å². The highest BCUT2D eigenvalue weighted by Gasteiger charge is 2.24. The van der Waals surface area contributed by atoms with Crippen LogP contribution in [0.1, 0.15) is 28.7 Å². The summed E-state index contributed by atoms with van der Waals surface area (Å²) >= 11 is 0. The summed E-state index contributed by atoms with van der Waals surface area (Å²) in [6.07, 6.45) is -1.11. The topological polar surface area (TPSA) is 46.2 Å². The molecule has 0 bridgehead atoms. The molecular formula is C16H17F2NO. The van der Waals surface area contributed by atoms with Crippen LogP contribution in [0.2, 0.25) is 0 Å². The fraction of sp³-hybridized carbons (Fsp3) is 0.250. The number of hydrogen-bond donors (Lipinski definition) is 2. The minimum atomic E-state index is -1.11. The van der Waals surface area contributed by atoms with Gasteiger partial charge in [-0.05, 0) is 18.6 Å². The van der Waals surface area contributed by atoms with Gasteiger partial charge in [-0.15, -0.1) is 0 Å². The van der Waals surface area contributed by atoms with E-state index >= 15 is 0 Å². The number of hydrogen-bond acceptors (Lipinski definition) is 2. The first-order valence-corrected chi connectivity index (χ1v) is 6.42. The van der Waals surface area contributed by atoms with Crippen LogP contribution in [0.25, 0.3) is 0 Å². The molecule has 2 unspecified atom stereocenters. The van der Waals surface area contributed by atoms with E-state index in [0.29, 0.717) is 0 Å². The standard InChI is InChI=1S/C16H17F2NO/c1-10-2-4-11(5-3-10)14(9-19)16(20)13-7-6-12(17)8-15(13)18/h2-8,14,16,20H,9,19H2,1H3. The molecule has 0 aliphatic heterocycles. The fourth-order valence-electron chi connectivity index (χ4n) is 2.22. The van der Waals surface area contributed by atoms with Crippen molar-refractivity contribution >= 4 is 0 Å². The lowest BCUT2D eigenvalue weighted by Gasteiger charge is -2.23. The molecule has 0 saturated heterocycles. The fourth-order valence-corrected chi connectivity index (χ4v) is 2.22. The lowest BCUT2D eigenvalue weighted by molar-refractivity contribution is 0.143. The summed E-state index contributed by atoms with van der Waals surface area (Å²) in [6.45, 7) is 2.12. The van der Waals surface area contributed by atoms with E-state index in [1.165, 1.54) is 6.07 Å². The zero-order valence-corrected chi connectivity index (χ0v) is 11.2. The Balaban J connectivity index is 2.33. The third kappa shape index (κ3) is 3.03. The smallest absolute Gasteiger partial charge is 0.131 e. The van der Waals surface area contributed by atoms with Gasteiger partial charge >= 0.3 is 0 Å². The van der Waals surface area contributed by atoms with Crippen molar-refractivity contribution in [2.45, 2.75) is 18.9 Å². The lowest BCUT2D eigenvalue weighted by atomic mass is 9.88. The van der Waals surface area contributed by atoms with E-state index < -0.39 is 23.7 Å². The van der Waals surface area contributed by atoms with Crippen molar-refractivity contribution in [3.8, 4) is 0 Å². The minimum Gasteiger partial charge on any atom is -0.388 e. The van der Waals surface area contributed by atoms with Crippen molar-refractivity contribution in [2.75, 3.05) is 6.54 Å². The van der Waals surface area contributed by atoms with Gasteiger partial charge in [0.15, 0.2) is 0 Å². The summed E-state index contributed by atoms with van der Waals surface area (Å²) in [5, 5.41) is 10.3. The Bertz CT molecular complexity index is 584. The quantitative estimate of drug-likeness (QED) is 0.902. The lowest BCUT2D eigenvalue weighted by Crippen LogP contribution is -2.21. The van der Waals surface area contributed by atoms with Gasteiger partial charge in [-0.1, -0.05) is 35.9 Å². The molecule has 106 valence electrons. The second-order valence-electron chi connectivity index (χ2n) is 4.86. The first-order valence-electron chi connectivity index (χ1n) is 6.42. The highest BCUT2D eigenvalue weighted by atomic mass is 19.1. The van der Waals surface area contributed by atoms with Crippen LogP contribution in [0.15, 0.2) is 42.5 Å². The molecule has 2 rings (SSSR count). The van der Waals surface area contributed by atoms with Crippen LogP contribution in [0, 0.1) is 18.6 Å². The van der Waals surface area contributed by atoms with Gasteiger partial charge in [-0.2, -0.15) is 0 Å². The molecule has 2 nitrogen and oxygen atoms in total. The van der Waals surface area contributed by atoms with Crippen molar-refractivity contribution in [1.82, 2.24) is 0 Å². The third-order valence-corrected chi connectivity index (χ3v) is 3.42. The number of rotatable bonds is 4. The Kier molecular flexibility index (Phi) is 4.47. The van der Waals surface area contributed by atoms with E-state index in [9.17, 15) is 13.9 Å². The Hall–Kier alpha value is -1.78. The number of aryl methyl sites for hydroxylation is 1. The van der Waals surface area contributed by atoms with Crippen LogP contribution in [0.4, 0.5) is 8.78 Å². The molecule has 0 aromatic heterocycles. The van der Waals surface area contributed by atoms with E-state index in [0.717, 1.165) is 23.3 Å². The monoisotopic (exact) mass is 277 g/mol. The summed E-state index contributed by atoms with van der Waals surface area (Å²) in [5.74, 6) is -1.86. The molecule has 0 spiro atoms. The highest BCUT2D eigenvalue weighted by molar-refractivity contribution is 5.30. The predicted octanol–water partition coefficient (Wildman–Crippen LogP) is 3.05. The van der Waals surface area contributed by atoms with E-state index in [-0.39, 0.29) is 12.1 Å². The van der Waals surface area contributed by atoms with E-state index in [1.807, 2.05) is 31.2 Å². The molecule has 0 radical (unpaired) electrons. The van der Waals surface area contributed by atoms with Crippen molar-refractivity contribution in [3.63, 3.8) is 0 Å². The summed E-state index contributed by atoms with van der Waals surface area (Å²) in [7, 11) is 0. The predicted molar refractivity (Wildman–Crippen MR) is 74.3 cm³/mol. The van der Waals surface area contributed by atoms with Gasteiger partial charge in [0, 0.05) is 24.1 Å². The van der Waals surface area contributed by atoms with Crippen molar-refractivity contribution in [1.29, 1.82) is 0 Å². The Morgan fingerprint density at radius 3 is 2.30 bits per heavy atom. The summed E-state index contributed by atoms with van der Waals surface area (Å²) in [5.41, 5.74) is 7.68. The highest BCUT2D eigenvalue weighted by Crippen LogP contribution is 2.31. The zero-order valence-electron chi connectivity index (χ0n) is 11.2. The molecular weight excluding hydrogens is 260 g/mol. The molecule has 0 aliphatic rings. The molecule has 0 fully saturated rings. The molecule has 20 heavy (non-hydrogen) atoms. The molecule has 3 N–H and O–H groups in total. The van der Waals surface area contributed by atoms with Gasteiger partial charge in [-0.3, -0.25) is 0 Å². The second-order valence-corrected chi connectivity index (χ2v) is 4.86. The summed E-state index contributed by atoms with van der Waals surface area (Å²) in [4.78, 5) is 0. The number of nitrogens with two attached hydrogens (primary N) is 1. The molecule has 0 aliphatic carbocycles. The second kappa shape index (κ2) is 6.11. The third-order valence-electron chi connectivity index (χ3n) is 3.42. The maximum Gasteiger partial charge on any atom is 0.131 e. The molecule has 0 heterocycles. The van der Waals surface area contributed by atoms with Crippen LogP contribution in [0.3, 0.4) is 0 Å². The maximum absolute atomic E-state index is 13.7. The molecule has 0 saturated carbocycles. The van der Waals surface area contributed by atoms with E-state index in [4.69, 9.17) is 5.73 Å². The molecule has 2 aromatic carbocycles. The van der Waals surface area contributed by atoms with Crippen molar-refractivity contribution in [3.05, 3.63) is 70.8 Å². The van der Waals surface area contributed by atoms with Crippen LogP contribution in [-0.4, -0.2) is 11.7 Å². The van der Waals surface area contributed by atoms with Gasteiger partial charge in [0.1, 0.15) is 11.6 Å². The Labute approximate surface area is 116 Å². The normalized spacial score (nSPS) is 14.1. The number of aliphatic hydroxyl groups excluding tert-OH is 1. The largest absolute Gasteiger partial charge is 0.388 e. The van der Waals surface area contributed by atoms with Gasteiger partial charge in [0.25, 0.3) is 0 Å². The first kappa shape index (κ1) is 14.6. The van der Waals surface area contributed by atoms with Crippen LogP contribution in [0.5, 0.6) is 0 Å². The van der Waals surface area contributed by atoms with Gasteiger partial charge in [0.2, 0.25) is 0 Å². The molecule has 2 aromatic rings. The Morgan fingerprint density at radius 2 is 1.75 bits per heavy atom. The maximum atomic E-state index is 13.7. The summed E-state index contributed by atoms with van der Waals surface area (Å²) < 4.78 is 26.7. The van der Waals surface area contributed by atoms with Gasteiger partial charge in [0.05, 0.1) is 6.10 Å². The number of halogens is 2. The number of benzene rings is 2. The zero-order chi connectivity index (χ0) is 14.7. The van der Waals surface area contributed by atoms with Crippen LogP contribution >= 0.6 is 0 Å². The average Bonchev–Trinajstić information content (AvgIpc) is 2.41.